The van der Waals surface area contributed by atoms with Crippen molar-refractivity contribution >= 4 is 22.2 Å². The highest BCUT2D eigenvalue weighted by molar-refractivity contribution is 9.10. The molecule has 1 rings (SSSR count). The highest BCUT2D eigenvalue weighted by atomic mass is 79.9. The molecule has 0 aromatic carbocycles. The molecule has 1 nitrogen and oxygen atoms in total. The third-order valence-electron chi connectivity index (χ3n) is 2.46. The molecule has 0 bridgehead atoms. The normalized spacial score (nSPS) is 24.3. The standard InChI is InChI=1S/C7H8BrF3O/c8-5(4-12)6(2-1-3-6)7(9,10)11/h4-5H,1-3H2/t5-/m1/s1. The molecule has 0 amide bonds. The van der Waals surface area contributed by atoms with Gasteiger partial charge in [0, 0.05) is 0 Å². The van der Waals surface area contributed by atoms with Crippen LogP contribution in [0, 0.1) is 5.41 Å². The number of rotatable bonds is 2. The van der Waals surface area contributed by atoms with Crippen molar-refractivity contribution in [1.29, 1.82) is 0 Å². The largest absolute Gasteiger partial charge is 0.396 e. The second-order valence-electron chi connectivity index (χ2n) is 3.05. The Hall–Kier alpha value is -0.0600. The fraction of sp³-hybridized carbons (Fsp3) is 0.857. The van der Waals surface area contributed by atoms with Crippen LogP contribution >= 0.6 is 15.9 Å². The lowest BCUT2D eigenvalue weighted by molar-refractivity contribution is -0.247. The van der Waals surface area contributed by atoms with Crippen LogP contribution in [-0.4, -0.2) is 17.3 Å². The van der Waals surface area contributed by atoms with E-state index in [9.17, 15) is 18.0 Å². The summed E-state index contributed by atoms with van der Waals surface area (Å²) in [7, 11) is 0. The van der Waals surface area contributed by atoms with Crippen LogP contribution in [0.4, 0.5) is 13.2 Å². The van der Waals surface area contributed by atoms with Crippen LogP contribution < -0.4 is 0 Å². The Balaban J connectivity index is 2.83. The molecule has 70 valence electrons. The zero-order valence-electron chi connectivity index (χ0n) is 6.20. The molecule has 0 aliphatic heterocycles. The van der Waals surface area contributed by atoms with Crippen LogP contribution in [0.3, 0.4) is 0 Å². The van der Waals surface area contributed by atoms with Gasteiger partial charge in [-0.05, 0) is 12.8 Å². The Morgan fingerprint density at radius 1 is 1.42 bits per heavy atom. The monoisotopic (exact) mass is 244 g/mol. The van der Waals surface area contributed by atoms with Gasteiger partial charge in [0.2, 0.25) is 0 Å². The summed E-state index contributed by atoms with van der Waals surface area (Å²) in [5.41, 5.74) is -1.78. The highest BCUT2D eigenvalue weighted by Crippen LogP contribution is 2.56. The minimum Gasteiger partial charge on any atom is -0.302 e. The maximum Gasteiger partial charge on any atom is 0.396 e. The van der Waals surface area contributed by atoms with Crippen molar-refractivity contribution < 1.29 is 18.0 Å². The number of alkyl halides is 4. The van der Waals surface area contributed by atoms with Crippen molar-refractivity contribution in [2.24, 2.45) is 5.41 Å². The van der Waals surface area contributed by atoms with E-state index in [1.807, 2.05) is 0 Å². The van der Waals surface area contributed by atoms with E-state index < -0.39 is 16.4 Å². The van der Waals surface area contributed by atoms with Crippen molar-refractivity contribution in [2.75, 3.05) is 0 Å². The summed E-state index contributed by atoms with van der Waals surface area (Å²) in [5.74, 6) is 0. The molecule has 0 radical (unpaired) electrons. The van der Waals surface area contributed by atoms with E-state index in [0.717, 1.165) is 0 Å². The van der Waals surface area contributed by atoms with E-state index in [-0.39, 0.29) is 12.8 Å². The minimum absolute atomic E-state index is 0.0607. The summed E-state index contributed by atoms with van der Waals surface area (Å²) in [6.45, 7) is 0. The van der Waals surface area contributed by atoms with E-state index in [4.69, 9.17) is 0 Å². The van der Waals surface area contributed by atoms with Crippen molar-refractivity contribution in [2.45, 2.75) is 30.3 Å². The van der Waals surface area contributed by atoms with Gasteiger partial charge >= 0.3 is 6.18 Å². The Morgan fingerprint density at radius 3 is 2.00 bits per heavy atom. The van der Waals surface area contributed by atoms with Gasteiger partial charge in [0.05, 0.1) is 10.2 Å². The van der Waals surface area contributed by atoms with Crippen molar-refractivity contribution in [3.63, 3.8) is 0 Å². The van der Waals surface area contributed by atoms with Crippen molar-refractivity contribution in [3.05, 3.63) is 0 Å². The average molecular weight is 245 g/mol. The summed E-state index contributed by atoms with van der Waals surface area (Å²) in [5, 5.41) is 0. The Labute approximate surface area is 76.4 Å². The zero-order chi connectivity index (χ0) is 9.41. The molecule has 1 fully saturated rings. The number of hydrogen-bond donors (Lipinski definition) is 0. The van der Waals surface area contributed by atoms with Crippen molar-refractivity contribution in [1.82, 2.24) is 0 Å². The molecule has 1 aliphatic rings. The molecule has 0 aromatic rings. The first-order valence-corrected chi connectivity index (χ1v) is 4.52. The van der Waals surface area contributed by atoms with Gasteiger partial charge in [0.25, 0.3) is 0 Å². The van der Waals surface area contributed by atoms with Crippen LogP contribution in [0.15, 0.2) is 0 Å². The molecule has 1 atom stereocenters. The average Bonchev–Trinajstić information content (AvgIpc) is 1.81. The first kappa shape index (κ1) is 10.0. The minimum atomic E-state index is -4.26. The van der Waals surface area contributed by atoms with Gasteiger partial charge < -0.3 is 4.79 Å². The summed E-state index contributed by atoms with van der Waals surface area (Å²) in [6.07, 6.45) is -3.27. The molecule has 0 unspecified atom stereocenters. The molecule has 1 aliphatic carbocycles. The van der Waals surface area contributed by atoms with Gasteiger partial charge in [-0.3, -0.25) is 0 Å². The number of carbonyl (C=O) groups excluding carboxylic acids is 1. The lowest BCUT2D eigenvalue weighted by Gasteiger charge is -2.44. The zero-order valence-corrected chi connectivity index (χ0v) is 7.78. The highest BCUT2D eigenvalue weighted by Gasteiger charge is 2.61. The summed E-state index contributed by atoms with van der Waals surface area (Å²) < 4.78 is 37.2. The van der Waals surface area contributed by atoms with Gasteiger partial charge in [0.1, 0.15) is 6.29 Å². The van der Waals surface area contributed by atoms with Gasteiger partial charge in [-0.25, -0.2) is 0 Å². The Morgan fingerprint density at radius 2 is 1.92 bits per heavy atom. The fourth-order valence-corrected chi connectivity index (χ4v) is 2.12. The summed E-state index contributed by atoms with van der Waals surface area (Å²) in [6, 6.07) is 0. The molecule has 0 heterocycles. The Kier molecular flexibility index (Phi) is 2.52. The van der Waals surface area contributed by atoms with Crippen LogP contribution in [0.25, 0.3) is 0 Å². The molecule has 12 heavy (non-hydrogen) atoms. The summed E-state index contributed by atoms with van der Waals surface area (Å²) >= 11 is 2.76. The van der Waals surface area contributed by atoms with Crippen LogP contribution in [0.5, 0.6) is 0 Å². The second kappa shape index (κ2) is 3.01. The maximum absolute atomic E-state index is 12.4. The predicted molar refractivity (Wildman–Crippen MR) is 41.1 cm³/mol. The van der Waals surface area contributed by atoms with E-state index in [0.29, 0.717) is 12.7 Å². The first-order valence-electron chi connectivity index (χ1n) is 3.60. The SMILES string of the molecule is O=C[C@@H](Br)C1(C(F)(F)F)CCC1. The Bertz CT molecular complexity index is 186. The molecule has 1 saturated carbocycles. The van der Waals surface area contributed by atoms with Crippen LogP contribution in [0.1, 0.15) is 19.3 Å². The smallest absolute Gasteiger partial charge is 0.302 e. The molecular weight excluding hydrogens is 237 g/mol. The van der Waals surface area contributed by atoms with Crippen molar-refractivity contribution in [3.8, 4) is 0 Å². The first-order chi connectivity index (χ1) is 5.44. The van der Waals surface area contributed by atoms with E-state index in [1.54, 1.807) is 0 Å². The number of aldehydes is 1. The second-order valence-corrected chi connectivity index (χ2v) is 4.03. The molecule has 0 aromatic heterocycles. The maximum atomic E-state index is 12.4. The van der Waals surface area contributed by atoms with Gasteiger partial charge in [-0.2, -0.15) is 13.2 Å². The lowest BCUT2D eigenvalue weighted by Crippen LogP contribution is -2.50. The van der Waals surface area contributed by atoms with E-state index in [1.165, 1.54) is 0 Å². The fourth-order valence-electron chi connectivity index (χ4n) is 1.40. The molecule has 5 heteroatoms. The molecule has 0 saturated heterocycles. The summed E-state index contributed by atoms with van der Waals surface area (Å²) in [4.78, 5) is 9.16. The van der Waals surface area contributed by atoms with Gasteiger partial charge in [-0.15, -0.1) is 0 Å². The quantitative estimate of drug-likeness (QED) is 0.540. The van der Waals surface area contributed by atoms with Gasteiger partial charge in [0.15, 0.2) is 0 Å². The van der Waals surface area contributed by atoms with E-state index in [2.05, 4.69) is 15.9 Å². The number of halogens is 4. The van der Waals surface area contributed by atoms with E-state index >= 15 is 0 Å². The molecule has 0 spiro atoms. The number of hydrogen-bond acceptors (Lipinski definition) is 1. The van der Waals surface area contributed by atoms with Crippen LogP contribution in [-0.2, 0) is 4.79 Å². The lowest BCUT2D eigenvalue weighted by atomic mass is 9.66. The topological polar surface area (TPSA) is 17.1 Å². The third kappa shape index (κ3) is 1.28. The molecule has 0 N–H and O–H groups in total. The van der Waals surface area contributed by atoms with Crippen LogP contribution in [0.2, 0.25) is 0 Å². The predicted octanol–water partition coefficient (Wildman–Crippen LogP) is 2.68. The molecular formula is C7H8BrF3O. The third-order valence-corrected chi connectivity index (χ3v) is 3.55. The van der Waals surface area contributed by atoms with Gasteiger partial charge in [-0.1, -0.05) is 22.4 Å². The number of carbonyl (C=O) groups is 1.